The van der Waals surface area contributed by atoms with E-state index in [1.165, 1.54) is 0 Å². The molecule has 0 unspecified atom stereocenters. The summed E-state index contributed by atoms with van der Waals surface area (Å²) in [7, 11) is 0. The molecular formula is C30H29N3O4. The normalized spacial score (nSPS) is 10.4. The summed E-state index contributed by atoms with van der Waals surface area (Å²) in [6.45, 7) is 3.41. The van der Waals surface area contributed by atoms with Gasteiger partial charge in [0.05, 0.1) is 17.9 Å². The topological polar surface area (TPSA) is 88.7 Å². The molecule has 4 aromatic carbocycles. The molecule has 0 aliphatic rings. The van der Waals surface area contributed by atoms with Crippen LogP contribution in [0.3, 0.4) is 0 Å². The minimum absolute atomic E-state index is 0.326. The molecule has 37 heavy (non-hydrogen) atoms. The number of rotatable bonds is 11. The lowest BCUT2D eigenvalue weighted by Gasteiger charge is -2.13. The lowest BCUT2D eigenvalue weighted by Crippen LogP contribution is -2.18. The maximum Gasteiger partial charge on any atom is 0.257 e. The highest BCUT2D eigenvalue weighted by molar-refractivity contribution is 6.12. The van der Waals surface area contributed by atoms with Gasteiger partial charge in [0.2, 0.25) is 0 Å². The summed E-state index contributed by atoms with van der Waals surface area (Å²) >= 11 is 0. The monoisotopic (exact) mass is 495 g/mol. The van der Waals surface area contributed by atoms with Crippen LogP contribution in [0.25, 0.3) is 0 Å². The van der Waals surface area contributed by atoms with Crippen LogP contribution in [-0.2, 0) is 4.74 Å². The molecule has 4 rings (SSSR count). The number of anilines is 4. The van der Waals surface area contributed by atoms with Crippen LogP contribution >= 0.6 is 0 Å². The second kappa shape index (κ2) is 12.9. The Labute approximate surface area is 216 Å². The lowest BCUT2D eigenvalue weighted by molar-refractivity contribution is 0.102. The van der Waals surface area contributed by atoms with Crippen molar-refractivity contribution in [2.24, 2.45) is 0 Å². The van der Waals surface area contributed by atoms with Crippen LogP contribution in [0.15, 0.2) is 103 Å². The first-order valence-corrected chi connectivity index (χ1v) is 12.1. The van der Waals surface area contributed by atoms with Crippen molar-refractivity contribution in [3.63, 3.8) is 0 Å². The van der Waals surface area contributed by atoms with Gasteiger partial charge in [-0.15, -0.1) is 0 Å². The van der Waals surface area contributed by atoms with Crippen molar-refractivity contribution < 1.29 is 19.1 Å². The zero-order valence-corrected chi connectivity index (χ0v) is 20.6. The molecule has 0 heterocycles. The maximum absolute atomic E-state index is 13.0. The Kier molecular flexibility index (Phi) is 8.88. The van der Waals surface area contributed by atoms with Crippen molar-refractivity contribution in [3.05, 3.63) is 114 Å². The quantitative estimate of drug-likeness (QED) is 0.211. The Balaban J connectivity index is 1.39. The van der Waals surface area contributed by atoms with Crippen LogP contribution in [-0.4, -0.2) is 31.6 Å². The van der Waals surface area contributed by atoms with Gasteiger partial charge < -0.3 is 25.4 Å². The highest BCUT2D eigenvalue weighted by Gasteiger charge is 2.15. The summed E-state index contributed by atoms with van der Waals surface area (Å²) in [5, 5.41) is 9.05. The van der Waals surface area contributed by atoms with Gasteiger partial charge >= 0.3 is 0 Å². The Morgan fingerprint density at radius 3 is 2.16 bits per heavy atom. The summed E-state index contributed by atoms with van der Waals surface area (Å²) < 4.78 is 10.9. The highest BCUT2D eigenvalue weighted by Crippen LogP contribution is 2.22. The lowest BCUT2D eigenvalue weighted by atomic mass is 10.1. The van der Waals surface area contributed by atoms with Crippen molar-refractivity contribution in [2.45, 2.75) is 6.92 Å². The van der Waals surface area contributed by atoms with Crippen molar-refractivity contribution in [2.75, 3.05) is 35.8 Å². The van der Waals surface area contributed by atoms with Gasteiger partial charge in [0.1, 0.15) is 12.4 Å². The number of hydrogen-bond acceptors (Lipinski definition) is 5. The number of amides is 2. The first-order valence-electron chi connectivity index (χ1n) is 12.1. The zero-order chi connectivity index (χ0) is 25.9. The fourth-order valence-corrected chi connectivity index (χ4v) is 3.60. The number of carbonyl (C=O) groups excluding carboxylic acids is 2. The summed E-state index contributed by atoms with van der Waals surface area (Å²) in [4.78, 5) is 26.0. The molecular weight excluding hydrogens is 466 g/mol. The molecule has 7 nitrogen and oxygen atoms in total. The van der Waals surface area contributed by atoms with E-state index in [1.807, 2.05) is 61.5 Å². The molecule has 0 radical (unpaired) electrons. The predicted octanol–water partition coefficient (Wildman–Crippen LogP) is 6.35. The Morgan fingerprint density at radius 1 is 0.676 bits per heavy atom. The minimum atomic E-state index is -0.341. The van der Waals surface area contributed by atoms with Gasteiger partial charge in [0.15, 0.2) is 0 Å². The number of hydrogen-bond donors (Lipinski definition) is 3. The fraction of sp³-hybridized carbons (Fsp3) is 0.133. The molecule has 0 saturated carbocycles. The van der Waals surface area contributed by atoms with E-state index in [9.17, 15) is 9.59 Å². The van der Waals surface area contributed by atoms with Crippen molar-refractivity contribution in [3.8, 4) is 5.75 Å². The van der Waals surface area contributed by atoms with E-state index in [4.69, 9.17) is 9.47 Å². The first-order chi connectivity index (χ1) is 18.1. The maximum atomic E-state index is 13.0. The molecule has 0 saturated heterocycles. The van der Waals surface area contributed by atoms with E-state index in [0.717, 1.165) is 11.4 Å². The smallest absolute Gasteiger partial charge is 0.257 e. The Morgan fingerprint density at radius 2 is 1.38 bits per heavy atom. The number of nitrogens with one attached hydrogen (secondary N) is 3. The average Bonchev–Trinajstić information content (AvgIpc) is 2.93. The molecule has 0 aromatic heterocycles. The van der Waals surface area contributed by atoms with Crippen LogP contribution in [0.5, 0.6) is 5.75 Å². The molecule has 0 spiro atoms. The third-order valence-corrected chi connectivity index (χ3v) is 5.42. The third kappa shape index (κ3) is 7.43. The molecule has 7 heteroatoms. The van der Waals surface area contributed by atoms with E-state index in [-0.39, 0.29) is 11.8 Å². The molecule has 188 valence electrons. The third-order valence-electron chi connectivity index (χ3n) is 5.42. The van der Waals surface area contributed by atoms with Gasteiger partial charge in [-0.05, 0) is 73.7 Å². The molecule has 0 atom stereocenters. The van der Waals surface area contributed by atoms with E-state index >= 15 is 0 Å². The van der Waals surface area contributed by atoms with Gasteiger partial charge in [-0.1, -0.05) is 36.4 Å². The zero-order valence-electron chi connectivity index (χ0n) is 20.6. The van der Waals surface area contributed by atoms with E-state index in [0.29, 0.717) is 48.1 Å². The molecule has 0 fully saturated rings. The average molecular weight is 496 g/mol. The van der Waals surface area contributed by atoms with Gasteiger partial charge in [-0.2, -0.15) is 0 Å². The summed E-state index contributed by atoms with van der Waals surface area (Å²) in [5.41, 5.74) is 3.71. The van der Waals surface area contributed by atoms with Crippen LogP contribution in [0.1, 0.15) is 27.6 Å². The number of benzene rings is 4. The van der Waals surface area contributed by atoms with E-state index < -0.39 is 0 Å². The summed E-state index contributed by atoms with van der Waals surface area (Å²) in [6, 6.07) is 31.0. The van der Waals surface area contributed by atoms with Gasteiger partial charge in [-0.3, -0.25) is 9.59 Å². The largest absolute Gasteiger partial charge is 0.491 e. The number of para-hydroxylation sites is 2. The van der Waals surface area contributed by atoms with E-state index in [1.54, 1.807) is 48.5 Å². The Bertz CT molecular complexity index is 1320. The van der Waals surface area contributed by atoms with E-state index in [2.05, 4.69) is 16.0 Å². The molecule has 2 amide bonds. The SMILES string of the molecule is CCOCCOc1cccc(C(=O)Nc2ccccc2C(=O)Nc2ccc(Nc3ccccc3)cc2)c1. The van der Waals surface area contributed by atoms with Crippen molar-refractivity contribution in [1.82, 2.24) is 0 Å². The molecule has 4 aromatic rings. The second-order valence-electron chi connectivity index (χ2n) is 8.10. The second-order valence-corrected chi connectivity index (χ2v) is 8.10. The standard InChI is InChI=1S/C30H29N3O4/c1-2-36-19-20-37-26-12-8-9-22(21-26)29(34)33-28-14-7-6-13-27(28)30(35)32-25-17-15-24(16-18-25)31-23-10-4-3-5-11-23/h3-18,21,31H,2,19-20H2,1H3,(H,32,35)(H,33,34). The Hall–Kier alpha value is -4.62. The van der Waals surface area contributed by atoms with Crippen molar-refractivity contribution >= 4 is 34.6 Å². The number of ether oxygens (including phenoxy) is 2. The molecule has 0 aliphatic heterocycles. The molecule has 3 N–H and O–H groups in total. The fourth-order valence-electron chi connectivity index (χ4n) is 3.60. The van der Waals surface area contributed by atoms with Gasteiger partial charge in [-0.25, -0.2) is 0 Å². The number of carbonyl (C=O) groups is 2. The van der Waals surface area contributed by atoms with Crippen LogP contribution in [0.2, 0.25) is 0 Å². The van der Waals surface area contributed by atoms with Crippen LogP contribution in [0.4, 0.5) is 22.7 Å². The van der Waals surface area contributed by atoms with Crippen LogP contribution in [0, 0.1) is 0 Å². The minimum Gasteiger partial charge on any atom is -0.491 e. The van der Waals surface area contributed by atoms with Gasteiger partial charge in [0, 0.05) is 29.2 Å². The summed E-state index contributed by atoms with van der Waals surface area (Å²) in [5.74, 6) is -0.0943. The molecule has 0 aliphatic carbocycles. The highest BCUT2D eigenvalue weighted by atomic mass is 16.5. The van der Waals surface area contributed by atoms with Crippen LogP contribution < -0.4 is 20.7 Å². The van der Waals surface area contributed by atoms with Gasteiger partial charge in [0.25, 0.3) is 11.8 Å². The van der Waals surface area contributed by atoms with Crippen molar-refractivity contribution in [1.29, 1.82) is 0 Å². The first kappa shape index (κ1) is 25.5. The molecule has 0 bridgehead atoms. The predicted molar refractivity (Wildman–Crippen MR) is 147 cm³/mol. The summed E-state index contributed by atoms with van der Waals surface area (Å²) in [6.07, 6.45) is 0.